The van der Waals surface area contributed by atoms with E-state index in [2.05, 4.69) is 30.5 Å². The maximum absolute atomic E-state index is 13.5. The normalized spacial score (nSPS) is 13.8. The van der Waals surface area contributed by atoms with E-state index in [1.807, 2.05) is 6.07 Å². The molecule has 1 aliphatic carbocycles. The number of aromatic nitrogens is 5. The Balaban J connectivity index is 0.00000218. The molecule has 30 heavy (non-hydrogen) atoms. The van der Waals surface area contributed by atoms with Crippen LogP contribution in [0.15, 0.2) is 48.7 Å². The summed E-state index contributed by atoms with van der Waals surface area (Å²) in [5, 5.41) is 10.9. The third kappa shape index (κ3) is 3.80. The number of hydrogen-bond acceptors (Lipinski definition) is 5. The summed E-state index contributed by atoms with van der Waals surface area (Å²) >= 11 is 0. The zero-order chi connectivity index (χ0) is 20.0. The third-order valence-electron chi connectivity index (χ3n) is 4.80. The van der Waals surface area contributed by atoms with Crippen LogP contribution in [0.4, 0.5) is 24.8 Å². The third-order valence-corrected chi connectivity index (χ3v) is 4.80. The van der Waals surface area contributed by atoms with Gasteiger partial charge in [-0.05, 0) is 31.0 Å². The second-order valence-corrected chi connectivity index (χ2v) is 6.92. The van der Waals surface area contributed by atoms with Crippen molar-refractivity contribution in [2.24, 2.45) is 0 Å². The molecule has 3 heterocycles. The van der Waals surface area contributed by atoms with Gasteiger partial charge in [0.2, 0.25) is 0 Å². The summed E-state index contributed by atoms with van der Waals surface area (Å²) in [6.07, 6.45) is -0.926. The van der Waals surface area contributed by atoms with Gasteiger partial charge in [-0.25, -0.2) is 15.0 Å². The number of nitrogens with zero attached hydrogens (tertiary/aromatic N) is 4. The van der Waals surface area contributed by atoms with E-state index in [0.717, 1.165) is 30.0 Å². The molecule has 3 aromatic heterocycles. The Morgan fingerprint density at radius 2 is 1.83 bits per heavy atom. The highest BCUT2D eigenvalue weighted by Gasteiger charge is 2.35. The maximum Gasteiger partial charge on any atom is 0.417 e. The molecule has 0 spiro atoms. The number of nitrogens with one attached hydrogen (secondary N) is 2. The predicted octanol–water partition coefficient (Wildman–Crippen LogP) is 5.48. The summed E-state index contributed by atoms with van der Waals surface area (Å²) in [6, 6.07) is 10.8. The van der Waals surface area contributed by atoms with E-state index in [1.165, 1.54) is 12.1 Å². The number of anilines is 2. The predicted molar refractivity (Wildman–Crippen MR) is 109 cm³/mol. The molecule has 1 aromatic carbocycles. The first-order chi connectivity index (χ1) is 14.0. The van der Waals surface area contributed by atoms with E-state index in [4.69, 9.17) is 0 Å². The molecule has 4 aromatic rings. The molecule has 1 aliphatic rings. The summed E-state index contributed by atoms with van der Waals surface area (Å²) in [4.78, 5) is 13.0. The smallest absolute Gasteiger partial charge is 0.325 e. The minimum atomic E-state index is -4.49. The van der Waals surface area contributed by atoms with E-state index < -0.39 is 11.7 Å². The zero-order valence-electron chi connectivity index (χ0n) is 15.4. The van der Waals surface area contributed by atoms with Crippen molar-refractivity contribution in [1.29, 1.82) is 0 Å². The minimum absolute atomic E-state index is 0. The van der Waals surface area contributed by atoms with E-state index >= 15 is 0 Å². The summed E-state index contributed by atoms with van der Waals surface area (Å²) in [6.45, 7) is 0. The van der Waals surface area contributed by atoms with Gasteiger partial charge in [0, 0.05) is 29.4 Å². The highest BCUT2D eigenvalue weighted by atomic mass is 35.5. The Kier molecular flexibility index (Phi) is 5.07. The highest BCUT2D eigenvalue weighted by molar-refractivity contribution is 5.88. The molecule has 0 saturated heterocycles. The van der Waals surface area contributed by atoms with Gasteiger partial charge in [-0.2, -0.15) is 18.3 Å². The van der Waals surface area contributed by atoms with Gasteiger partial charge in [-0.1, -0.05) is 18.2 Å². The van der Waals surface area contributed by atoms with Crippen LogP contribution in [-0.2, 0) is 6.18 Å². The minimum Gasteiger partial charge on any atom is -0.325 e. The lowest BCUT2D eigenvalue weighted by atomic mass is 10.1. The molecule has 0 unspecified atom stereocenters. The van der Waals surface area contributed by atoms with Crippen LogP contribution in [0, 0.1) is 0 Å². The first-order valence-electron chi connectivity index (χ1n) is 9.11. The molecule has 0 aliphatic heterocycles. The lowest BCUT2D eigenvalue weighted by molar-refractivity contribution is -0.137. The first kappa shape index (κ1) is 20.1. The Morgan fingerprint density at radius 1 is 1.03 bits per heavy atom. The largest absolute Gasteiger partial charge is 0.417 e. The second kappa shape index (κ2) is 7.56. The highest BCUT2D eigenvalue weighted by Crippen LogP contribution is 2.42. The van der Waals surface area contributed by atoms with E-state index in [-0.39, 0.29) is 29.7 Å². The van der Waals surface area contributed by atoms with Gasteiger partial charge in [0.05, 0.1) is 10.9 Å². The molecule has 2 N–H and O–H groups in total. The van der Waals surface area contributed by atoms with Crippen LogP contribution in [0.25, 0.3) is 22.4 Å². The lowest BCUT2D eigenvalue weighted by Crippen LogP contribution is -2.09. The van der Waals surface area contributed by atoms with Gasteiger partial charge in [0.1, 0.15) is 11.6 Å². The second-order valence-electron chi connectivity index (χ2n) is 6.92. The number of halogens is 4. The van der Waals surface area contributed by atoms with Gasteiger partial charge >= 0.3 is 6.18 Å². The fourth-order valence-electron chi connectivity index (χ4n) is 3.24. The zero-order valence-corrected chi connectivity index (χ0v) is 16.3. The van der Waals surface area contributed by atoms with Crippen molar-refractivity contribution < 1.29 is 13.2 Å². The van der Waals surface area contributed by atoms with Crippen LogP contribution in [0.3, 0.4) is 0 Å². The van der Waals surface area contributed by atoms with Gasteiger partial charge in [-0.3, -0.25) is 5.10 Å². The molecule has 0 radical (unpaired) electrons. The SMILES string of the molecule is Cl.FC(F)(F)c1ccccc1-c1nc(Nc2[nH]nc3ncccc23)cc(C2CC2)n1. The van der Waals surface area contributed by atoms with Gasteiger partial charge in [0.15, 0.2) is 11.5 Å². The number of H-pyrrole nitrogens is 1. The van der Waals surface area contributed by atoms with Crippen molar-refractivity contribution in [1.82, 2.24) is 25.1 Å². The van der Waals surface area contributed by atoms with E-state index in [9.17, 15) is 13.2 Å². The maximum atomic E-state index is 13.5. The number of alkyl halides is 3. The number of benzene rings is 1. The fourth-order valence-corrected chi connectivity index (χ4v) is 3.24. The monoisotopic (exact) mass is 432 g/mol. The van der Waals surface area contributed by atoms with Crippen molar-refractivity contribution >= 4 is 35.1 Å². The molecule has 6 nitrogen and oxygen atoms in total. The summed E-state index contributed by atoms with van der Waals surface area (Å²) in [5.74, 6) is 1.27. The van der Waals surface area contributed by atoms with Crippen molar-refractivity contribution in [3.63, 3.8) is 0 Å². The molecular weight excluding hydrogens is 417 g/mol. The van der Waals surface area contributed by atoms with Crippen LogP contribution >= 0.6 is 12.4 Å². The van der Waals surface area contributed by atoms with Gasteiger partial charge < -0.3 is 5.32 Å². The first-order valence-corrected chi connectivity index (χ1v) is 9.11. The number of aromatic amines is 1. The average molecular weight is 433 g/mol. The van der Waals surface area contributed by atoms with Crippen molar-refractivity contribution in [2.75, 3.05) is 5.32 Å². The summed E-state index contributed by atoms with van der Waals surface area (Å²) in [5.41, 5.74) is 0.474. The van der Waals surface area contributed by atoms with Gasteiger partial charge in [0.25, 0.3) is 0 Å². The number of rotatable bonds is 4. The number of pyridine rings is 1. The Labute approximate surface area is 175 Å². The van der Waals surface area contributed by atoms with Crippen molar-refractivity contribution in [3.8, 4) is 11.4 Å². The van der Waals surface area contributed by atoms with Crippen LogP contribution in [0.1, 0.15) is 30.0 Å². The molecule has 10 heteroatoms. The molecular formula is C20H16ClF3N6. The average Bonchev–Trinajstić information content (AvgIpc) is 3.50. The lowest BCUT2D eigenvalue weighted by Gasteiger charge is -2.14. The van der Waals surface area contributed by atoms with E-state index in [0.29, 0.717) is 17.3 Å². The van der Waals surface area contributed by atoms with Crippen LogP contribution in [0.2, 0.25) is 0 Å². The molecule has 0 bridgehead atoms. The Morgan fingerprint density at radius 3 is 2.60 bits per heavy atom. The molecule has 1 fully saturated rings. The summed E-state index contributed by atoms with van der Waals surface area (Å²) < 4.78 is 40.5. The van der Waals surface area contributed by atoms with E-state index in [1.54, 1.807) is 24.4 Å². The fraction of sp³-hybridized carbons (Fsp3) is 0.200. The summed E-state index contributed by atoms with van der Waals surface area (Å²) in [7, 11) is 0. The van der Waals surface area contributed by atoms with Crippen LogP contribution < -0.4 is 5.32 Å². The van der Waals surface area contributed by atoms with Gasteiger partial charge in [-0.15, -0.1) is 12.4 Å². The number of fused-ring (bicyclic) bond motifs is 1. The quantitative estimate of drug-likeness (QED) is 0.446. The molecule has 154 valence electrons. The topological polar surface area (TPSA) is 79.4 Å². The Bertz CT molecular complexity index is 1200. The molecule has 0 atom stereocenters. The Hall–Kier alpha value is -3.20. The number of hydrogen-bond donors (Lipinski definition) is 2. The van der Waals surface area contributed by atoms with Crippen LogP contribution in [0.5, 0.6) is 0 Å². The standard InChI is InChI=1S/C20H15F3N6.ClH/c21-20(22,23)14-6-2-1-4-12(14)18-25-15(11-7-8-11)10-16(26-18)27-19-13-5-3-9-24-17(13)28-29-19;/h1-6,9-11H,7-8H2,(H2,24,25,26,27,28,29);1H. The van der Waals surface area contributed by atoms with Crippen LogP contribution in [-0.4, -0.2) is 25.1 Å². The molecule has 0 amide bonds. The van der Waals surface area contributed by atoms with Crippen molar-refractivity contribution in [3.05, 3.63) is 59.9 Å². The molecule has 5 rings (SSSR count). The van der Waals surface area contributed by atoms with Crippen molar-refractivity contribution in [2.45, 2.75) is 24.9 Å². The molecule has 1 saturated carbocycles.